The highest BCUT2D eigenvalue weighted by molar-refractivity contribution is 5.98. The van der Waals surface area contributed by atoms with E-state index in [1.807, 2.05) is 56.3 Å². The van der Waals surface area contributed by atoms with Crippen molar-refractivity contribution in [2.75, 3.05) is 27.9 Å². The Bertz CT molecular complexity index is 1030. The predicted molar refractivity (Wildman–Crippen MR) is 113 cm³/mol. The Morgan fingerprint density at radius 3 is 2.38 bits per heavy atom. The molecule has 0 saturated heterocycles. The number of carbonyl (C=O) groups excluding carboxylic acids is 1. The molecule has 0 radical (unpaired) electrons. The standard InChI is InChI=1S/C23H26N2O4/c1-6-25(14-16-7-10-21(28-4)22(11-16)29-5)23(26)19-12-17-8-9-18(27-3)13-20(17)24-15(19)2/h7-13H,6,14H2,1-5H3. The van der Waals surface area contributed by atoms with Crippen molar-refractivity contribution in [2.45, 2.75) is 20.4 Å². The van der Waals surface area contributed by atoms with Gasteiger partial charge in [0.2, 0.25) is 0 Å². The summed E-state index contributed by atoms with van der Waals surface area (Å²) in [5.41, 5.74) is 3.07. The largest absolute Gasteiger partial charge is 0.497 e. The average Bonchev–Trinajstić information content (AvgIpc) is 2.75. The fourth-order valence-electron chi connectivity index (χ4n) is 3.28. The molecule has 6 nitrogen and oxygen atoms in total. The topological polar surface area (TPSA) is 60.9 Å². The molecule has 2 aromatic carbocycles. The summed E-state index contributed by atoms with van der Waals surface area (Å²) in [6.07, 6.45) is 0. The first-order chi connectivity index (χ1) is 14.0. The molecular formula is C23H26N2O4. The van der Waals surface area contributed by atoms with Gasteiger partial charge in [-0.3, -0.25) is 9.78 Å². The number of pyridine rings is 1. The van der Waals surface area contributed by atoms with E-state index in [0.717, 1.165) is 22.2 Å². The SMILES string of the molecule is CCN(Cc1ccc(OC)c(OC)c1)C(=O)c1cc2ccc(OC)cc2nc1C. The van der Waals surface area contributed by atoms with Gasteiger partial charge >= 0.3 is 0 Å². The fourth-order valence-corrected chi connectivity index (χ4v) is 3.28. The minimum absolute atomic E-state index is 0.0509. The lowest BCUT2D eigenvalue weighted by Crippen LogP contribution is -2.31. The molecule has 0 unspecified atom stereocenters. The molecule has 6 heteroatoms. The number of benzene rings is 2. The molecule has 1 aromatic heterocycles. The first-order valence-corrected chi connectivity index (χ1v) is 9.46. The second-order valence-corrected chi connectivity index (χ2v) is 6.69. The Kier molecular flexibility index (Phi) is 6.22. The number of methoxy groups -OCH3 is 3. The third kappa shape index (κ3) is 4.26. The number of aromatic nitrogens is 1. The van der Waals surface area contributed by atoms with Gasteiger partial charge in [-0.05, 0) is 49.7 Å². The zero-order chi connectivity index (χ0) is 21.0. The number of nitrogens with zero attached hydrogens (tertiary/aromatic N) is 2. The number of ether oxygens (including phenoxy) is 3. The lowest BCUT2D eigenvalue weighted by Gasteiger charge is -2.22. The van der Waals surface area contributed by atoms with E-state index < -0.39 is 0 Å². The Hall–Kier alpha value is -3.28. The van der Waals surface area contributed by atoms with E-state index in [0.29, 0.717) is 35.8 Å². The smallest absolute Gasteiger partial charge is 0.256 e. The number of carbonyl (C=O) groups is 1. The van der Waals surface area contributed by atoms with Crippen molar-refractivity contribution in [1.29, 1.82) is 0 Å². The van der Waals surface area contributed by atoms with Gasteiger partial charge in [-0.2, -0.15) is 0 Å². The summed E-state index contributed by atoms with van der Waals surface area (Å²) < 4.78 is 15.9. The van der Waals surface area contributed by atoms with Gasteiger partial charge in [0.15, 0.2) is 11.5 Å². The lowest BCUT2D eigenvalue weighted by atomic mass is 10.1. The van der Waals surface area contributed by atoms with Crippen LogP contribution in [0.15, 0.2) is 42.5 Å². The summed E-state index contributed by atoms with van der Waals surface area (Å²) in [4.78, 5) is 19.7. The summed E-state index contributed by atoms with van der Waals surface area (Å²) in [5, 5.41) is 0.905. The van der Waals surface area contributed by atoms with Crippen LogP contribution in [0, 0.1) is 6.92 Å². The van der Waals surface area contributed by atoms with Gasteiger partial charge in [0.1, 0.15) is 5.75 Å². The van der Waals surface area contributed by atoms with E-state index in [1.54, 1.807) is 26.2 Å². The van der Waals surface area contributed by atoms with Crippen molar-refractivity contribution in [2.24, 2.45) is 0 Å². The minimum Gasteiger partial charge on any atom is -0.497 e. The highest BCUT2D eigenvalue weighted by atomic mass is 16.5. The number of rotatable bonds is 7. The lowest BCUT2D eigenvalue weighted by molar-refractivity contribution is 0.0751. The maximum atomic E-state index is 13.3. The molecule has 0 saturated carbocycles. The van der Waals surface area contributed by atoms with Gasteiger partial charge in [0, 0.05) is 24.5 Å². The van der Waals surface area contributed by atoms with Crippen LogP contribution in [0.1, 0.15) is 28.5 Å². The van der Waals surface area contributed by atoms with Crippen LogP contribution in [0.25, 0.3) is 10.9 Å². The number of hydrogen-bond donors (Lipinski definition) is 0. The van der Waals surface area contributed by atoms with E-state index in [4.69, 9.17) is 14.2 Å². The molecule has 0 N–H and O–H groups in total. The van der Waals surface area contributed by atoms with Gasteiger partial charge in [-0.25, -0.2) is 0 Å². The molecule has 3 aromatic rings. The van der Waals surface area contributed by atoms with Crippen molar-refractivity contribution in [1.82, 2.24) is 9.88 Å². The van der Waals surface area contributed by atoms with Gasteiger partial charge in [-0.15, -0.1) is 0 Å². The maximum Gasteiger partial charge on any atom is 0.256 e. The van der Waals surface area contributed by atoms with Crippen LogP contribution in [0.5, 0.6) is 17.2 Å². The van der Waals surface area contributed by atoms with Crippen LogP contribution in [-0.2, 0) is 6.54 Å². The zero-order valence-electron chi connectivity index (χ0n) is 17.5. The van der Waals surface area contributed by atoms with Crippen molar-refractivity contribution in [3.63, 3.8) is 0 Å². The summed E-state index contributed by atoms with van der Waals surface area (Å²) in [5.74, 6) is 2.00. The first-order valence-electron chi connectivity index (χ1n) is 9.46. The van der Waals surface area contributed by atoms with Crippen molar-refractivity contribution in [3.05, 3.63) is 59.3 Å². The molecule has 29 heavy (non-hydrogen) atoms. The summed E-state index contributed by atoms with van der Waals surface area (Å²) in [6.45, 7) is 4.87. The van der Waals surface area contributed by atoms with E-state index in [9.17, 15) is 4.79 Å². The molecule has 152 valence electrons. The van der Waals surface area contributed by atoms with Crippen molar-refractivity contribution >= 4 is 16.8 Å². The Morgan fingerprint density at radius 2 is 1.72 bits per heavy atom. The summed E-state index contributed by atoms with van der Waals surface area (Å²) >= 11 is 0. The monoisotopic (exact) mass is 394 g/mol. The molecule has 0 spiro atoms. The third-order valence-corrected chi connectivity index (χ3v) is 4.94. The normalized spacial score (nSPS) is 10.7. The van der Waals surface area contributed by atoms with Gasteiger partial charge in [0.25, 0.3) is 5.91 Å². The van der Waals surface area contributed by atoms with Crippen LogP contribution in [-0.4, -0.2) is 43.7 Å². The molecule has 1 heterocycles. The van der Waals surface area contributed by atoms with E-state index >= 15 is 0 Å². The number of fused-ring (bicyclic) bond motifs is 1. The zero-order valence-corrected chi connectivity index (χ0v) is 17.5. The quantitative estimate of drug-likeness (QED) is 0.600. The van der Waals surface area contributed by atoms with Crippen LogP contribution >= 0.6 is 0 Å². The molecule has 1 amide bonds. The molecular weight excluding hydrogens is 368 g/mol. The maximum absolute atomic E-state index is 13.3. The average molecular weight is 394 g/mol. The number of aryl methyl sites for hydroxylation is 1. The Labute approximate surface area is 171 Å². The van der Waals surface area contributed by atoms with E-state index in [-0.39, 0.29) is 5.91 Å². The van der Waals surface area contributed by atoms with Crippen LogP contribution < -0.4 is 14.2 Å². The molecule has 0 aliphatic carbocycles. The van der Waals surface area contributed by atoms with Gasteiger partial charge in [0.05, 0.1) is 38.1 Å². The van der Waals surface area contributed by atoms with Gasteiger partial charge in [-0.1, -0.05) is 6.07 Å². The minimum atomic E-state index is -0.0509. The van der Waals surface area contributed by atoms with Crippen molar-refractivity contribution in [3.8, 4) is 17.2 Å². The Balaban J connectivity index is 1.90. The predicted octanol–water partition coefficient (Wildman–Crippen LogP) is 4.23. The van der Waals surface area contributed by atoms with Crippen LogP contribution in [0.2, 0.25) is 0 Å². The van der Waals surface area contributed by atoms with Gasteiger partial charge < -0.3 is 19.1 Å². The second-order valence-electron chi connectivity index (χ2n) is 6.69. The molecule has 0 bridgehead atoms. The molecule has 0 atom stereocenters. The third-order valence-electron chi connectivity index (χ3n) is 4.94. The number of hydrogen-bond acceptors (Lipinski definition) is 5. The van der Waals surface area contributed by atoms with Crippen LogP contribution in [0.4, 0.5) is 0 Å². The van der Waals surface area contributed by atoms with Crippen LogP contribution in [0.3, 0.4) is 0 Å². The highest BCUT2D eigenvalue weighted by Gasteiger charge is 2.19. The first kappa shape index (κ1) is 20.5. The molecule has 0 aliphatic rings. The molecule has 0 aliphatic heterocycles. The molecule has 3 rings (SSSR count). The van der Waals surface area contributed by atoms with E-state index in [2.05, 4.69) is 4.98 Å². The fraction of sp³-hybridized carbons (Fsp3) is 0.304. The Morgan fingerprint density at radius 1 is 0.966 bits per heavy atom. The number of amides is 1. The van der Waals surface area contributed by atoms with E-state index in [1.165, 1.54) is 0 Å². The molecule has 0 fully saturated rings. The second kappa shape index (κ2) is 8.82. The summed E-state index contributed by atoms with van der Waals surface area (Å²) in [6, 6.07) is 13.2. The summed E-state index contributed by atoms with van der Waals surface area (Å²) in [7, 11) is 4.83. The van der Waals surface area contributed by atoms with Crippen molar-refractivity contribution < 1.29 is 19.0 Å². The highest BCUT2D eigenvalue weighted by Crippen LogP contribution is 2.28.